The van der Waals surface area contributed by atoms with Gasteiger partial charge in [0.15, 0.2) is 0 Å². The molecule has 0 atom stereocenters. The summed E-state index contributed by atoms with van der Waals surface area (Å²) in [6, 6.07) is 47.3. The molecule has 0 unspecified atom stereocenters. The Balaban J connectivity index is 1.45. The van der Waals surface area contributed by atoms with Crippen LogP contribution in [0.3, 0.4) is 0 Å². The van der Waals surface area contributed by atoms with Crippen LogP contribution < -0.4 is 0 Å². The van der Waals surface area contributed by atoms with Gasteiger partial charge in [0, 0.05) is 11.1 Å². The van der Waals surface area contributed by atoms with E-state index in [4.69, 9.17) is 9.97 Å². The van der Waals surface area contributed by atoms with Gasteiger partial charge in [-0.2, -0.15) is 0 Å². The average molecular weight is 483 g/mol. The van der Waals surface area contributed by atoms with Gasteiger partial charge >= 0.3 is 0 Å². The summed E-state index contributed by atoms with van der Waals surface area (Å²) in [4.78, 5) is 10.3. The number of rotatable bonds is 2. The largest absolute Gasteiger partial charge is 0.244 e. The zero-order valence-corrected chi connectivity index (χ0v) is 20.6. The molecule has 0 aliphatic heterocycles. The van der Waals surface area contributed by atoms with E-state index in [0.29, 0.717) is 0 Å². The fourth-order valence-corrected chi connectivity index (χ4v) is 5.89. The zero-order valence-electron chi connectivity index (χ0n) is 20.6. The first-order valence-electron chi connectivity index (χ1n) is 12.9. The molecule has 8 rings (SSSR count). The maximum Gasteiger partial charge on any atom is 0.0973 e. The molecule has 1 aliphatic rings. The van der Waals surface area contributed by atoms with Crippen LogP contribution in [0.2, 0.25) is 0 Å². The van der Waals surface area contributed by atoms with E-state index in [2.05, 4.69) is 103 Å². The quantitative estimate of drug-likeness (QED) is 0.245. The molecule has 6 aromatic carbocycles. The van der Waals surface area contributed by atoms with E-state index in [0.717, 1.165) is 33.5 Å². The molecule has 1 aliphatic carbocycles. The Kier molecular flexibility index (Phi) is 4.55. The van der Waals surface area contributed by atoms with Gasteiger partial charge < -0.3 is 0 Å². The van der Waals surface area contributed by atoms with Crippen molar-refractivity contribution in [2.45, 2.75) is 0 Å². The van der Waals surface area contributed by atoms with Crippen molar-refractivity contribution < 1.29 is 0 Å². The summed E-state index contributed by atoms with van der Waals surface area (Å²) in [5.41, 5.74) is 13.2. The Morgan fingerprint density at radius 3 is 1.55 bits per heavy atom. The molecule has 0 spiro atoms. The van der Waals surface area contributed by atoms with Crippen LogP contribution in [0.25, 0.3) is 77.7 Å². The van der Waals surface area contributed by atoms with Crippen molar-refractivity contribution in [3.63, 3.8) is 0 Å². The van der Waals surface area contributed by atoms with Gasteiger partial charge in [0.25, 0.3) is 0 Å². The third kappa shape index (κ3) is 3.14. The number of aromatic nitrogens is 2. The van der Waals surface area contributed by atoms with Crippen LogP contribution >= 0.6 is 0 Å². The Morgan fingerprint density at radius 2 is 0.868 bits per heavy atom. The summed E-state index contributed by atoms with van der Waals surface area (Å²) < 4.78 is 0. The van der Waals surface area contributed by atoms with E-state index in [1.807, 2.05) is 30.3 Å². The van der Waals surface area contributed by atoms with Gasteiger partial charge in [-0.25, -0.2) is 9.97 Å². The second kappa shape index (κ2) is 8.22. The van der Waals surface area contributed by atoms with Crippen molar-refractivity contribution in [3.05, 3.63) is 133 Å². The second-order valence-electron chi connectivity index (χ2n) is 9.79. The zero-order chi connectivity index (χ0) is 25.1. The van der Waals surface area contributed by atoms with Crippen LogP contribution in [0.15, 0.2) is 133 Å². The topological polar surface area (TPSA) is 25.8 Å². The predicted octanol–water partition coefficient (Wildman–Crippen LogP) is 9.43. The Morgan fingerprint density at radius 1 is 0.342 bits per heavy atom. The first-order valence-corrected chi connectivity index (χ1v) is 12.9. The molecule has 2 heteroatoms. The Hall–Kier alpha value is -5.08. The molecular formula is C36H22N2. The molecule has 0 N–H and O–H groups in total. The molecule has 38 heavy (non-hydrogen) atoms. The lowest BCUT2D eigenvalue weighted by atomic mass is 9.91. The Bertz CT molecular complexity index is 2020. The number of hydrogen-bond acceptors (Lipinski definition) is 2. The number of para-hydroxylation sites is 2. The number of hydrogen-bond donors (Lipinski definition) is 0. The summed E-state index contributed by atoms with van der Waals surface area (Å²) >= 11 is 0. The van der Waals surface area contributed by atoms with Gasteiger partial charge in [0.2, 0.25) is 0 Å². The van der Waals surface area contributed by atoms with Gasteiger partial charge in [0.05, 0.1) is 22.4 Å². The van der Waals surface area contributed by atoms with E-state index in [1.54, 1.807) is 0 Å². The van der Waals surface area contributed by atoms with Crippen LogP contribution in [-0.4, -0.2) is 9.97 Å². The molecular weight excluding hydrogens is 460 g/mol. The minimum Gasteiger partial charge on any atom is -0.244 e. The normalized spacial score (nSPS) is 11.7. The van der Waals surface area contributed by atoms with Gasteiger partial charge in [-0.3, -0.25) is 0 Å². The number of fused-ring (bicyclic) bond motifs is 6. The highest BCUT2D eigenvalue weighted by Crippen LogP contribution is 2.48. The molecule has 0 saturated heterocycles. The third-order valence-corrected chi connectivity index (χ3v) is 7.61. The van der Waals surface area contributed by atoms with Crippen LogP contribution in [0.1, 0.15) is 0 Å². The fraction of sp³-hybridized carbons (Fsp3) is 0. The van der Waals surface area contributed by atoms with Crippen LogP contribution in [0.4, 0.5) is 0 Å². The van der Waals surface area contributed by atoms with Crippen molar-refractivity contribution >= 4 is 21.8 Å². The minimum absolute atomic E-state index is 0.898. The summed E-state index contributed by atoms with van der Waals surface area (Å²) in [7, 11) is 0. The molecule has 1 heterocycles. The molecule has 0 fully saturated rings. The SMILES string of the molecule is c1ccc(-c2nc3ccccc3nc2-c2ccc3c(c2)-c2ccccc2-c2cccc4cccc-3c24)cc1. The van der Waals surface area contributed by atoms with Crippen molar-refractivity contribution in [1.82, 2.24) is 9.97 Å². The average Bonchev–Trinajstić information content (AvgIpc) is 3.11. The molecule has 1 aromatic heterocycles. The number of benzene rings is 6. The summed E-state index contributed by atoms with van der Waals surface area (Å²) in [6.07, 6.45) is 0. The molecule has 2 nitrogen and oxygen atoms in total. The molecule has 7 aromatic rings. The van der Waals surface area contributed by atoms with Gasteiger partial charge in [0.1, 0.15) is 0 Å². The monoisotopic (exact) mass is 482 g/mol. The maximum absolute atomic E-state index is 5.17. The van der Waals surface area contributed by atoms with Crippen molar-refractivity contribution in [2.75, 3.05) is 0 Å². The van der Waals surface area contributed by atoms with Crippen LogP contribution in [0.5, 0.6) is 0 Å². The fourth-order valence-electron chi connectivity index (χ4n) is 5.89. The number of nitrogens with zero attached hydrogens (tertiary/aromatic N) is 2. The molecule has 0 saturated carbocycles. The lowest BCUT2D eigenvalue weighted by Crippen LogP contribution is -1.96. The second-order valence-corrected chi connectivity index (χ2v) is 9.79. The van der Waals surface area contributed by atoms with Crippen LogP contribution in [-0.2, 0) is 0 Å². The van der Waals surface area contributed by atoms with Crippen molar-refractivity contribution in [1.29, 1.82) is 0 Å². The summed E-state index contributed by atoms with van der Waals surface area (Å²) in [5.74, 6) is 0. The predicted molar refractivity (Wildman–Crippen MR) is 158 cm³/mol. The highest BCUT2D eigenvalue weighted by Gasteiger charge is 2.22. The standard InChI is InChI=1S/C36H22N2/c1-2-10-24(11-3-1)35-36(38-33-19-7-6-18-32(33)37-35)25-20-21-28-30-17-9-13-23-12-8-16-29(34(23)30)26-14-4-5-15-27(26)31(28)22-25/h1-22H. The van der Waals surface area contributed by atoms with Crippen molar-refractivity contribution in [3.8, 4) is 55.9 Å². The summed E-state index contributed by atoms with van der Waals surface area (Å²) in [5, 5.41) is 2.57. The molecule has 0 amide bonds. The highest BCUT2D eigenvalue weighted by atomic mass is 14.8. The molecule has 0 radical (unpaired) electrons. The van der Waals surface area contributed by atoms with E-state index in [-0.39, 0.29) is 0 Å². The maximum atomic E-state index is 5.17. The van der Waals surface area contributed by atoms with Crippen LogP contribution in [0, 0.1) is 0 Å². The van der Waals surface area contributed by atoms with E-state index in [9.17, 15) is 0 Å². The smallest absolute Gasteiger partial charge is 0.0973 e. The third-order valence-electron chi connectivity index (χ3n) is 7.61. The first kappa shape index (κ1) is 21.0. The lowest BCUT2D eigenvalue weighted by Gasteiger charge is -2.15. The highest BCUT2D eigenvalue weighted by molar-refractivity contribution is 6.13. The van der Waals surface area contributed by atoms with Gasteiger partial charge in [-0.1, -0.05) is 115 Å². The first-order chi connectivity index (χ1) is 18.8. The summed E-state index contributed by atoms with van der Waals surface area (Å²) in [6.45, 7) is 0. The Labute approximate surface area is 220 Å². The van der Waals surface area contributed by atoms with E-state index < -0.39 is 0 Å². The molecule has 176 valence electrons. The lowest BCUT2D eigenvalue weighted by molar-refractivity contribution is 1.29. The van der Waals surface area contributed by atoms with Gasteiger partial charge in [-0.05, 0) is 62.4 Å². The van der Waals surface area contributed by atoms with E-state index in [1.165, 1.54) is 44.2 Å². The molecule has 0 bridgehead atoms. The van der Waals surface area contributed by atoms with Gasteiger partial charge in [-0.15, -0.1) is 0 Å². The minimum atomic E-state index is 0.898. The van der Waals surface area contributed by atoms with Crippen molar-refractivity contribution in [2.24, 2.45) is 0 Å². The van der Waals surface area contributed by atoms with E-state index >= 15 is 0 Å².